The summed E-state index contributed by atoms with van der Waals surface area (Å²) >= 11 is 3.36. The van der Waals surface area contributed by atoms with Gasteiger partial charge in [0.2, 0.25) is 0 Å². The van der Waals surface area contributed by atoms with Crippen LogP contribution in [0.3, 0.4) is 0 Å². The largest absolute Gasteiger partial charge is 0.481 e. The first kappa shape index (κ1) is 18.4. The smallest absolute Gasteiger partial charge is 0.265 e. The number of rotatable bonds is 5. The number of halogens is 1. The molecule has 0 fully saturated rings. The van der Waals surface area contributed by atoms with Crippen LogP contribution >= 0.6 is 15.9 Å². The number of benzene rings is 2. The molecule has 3 rings (SSSR count). The van der Waals surface area contributed by atoms with Gasteiger partial charge >= 0.3 is 0 Å². The molecule has 0 atom stereocenters. The second-order valence-electron chi connectivity index (χ2n) is 6.28. The van der Waals surface area contributed by atoms with Crippen LogP contribution < -0.4 is 15.0 Å². The number of hydrogen-bond donors (Lipinski definition) is 1. The molecule has 26 heavy (non-hydrogen) atoms. The lowest BCUT2D eigenvalue weighted by Gasteiger charge is -2.30. The Kier molecular flexibility index (Phi) is 5.58. The van der Waals surface area contributed by atoms with Gasteiger partial charge in [-0.3, -0.25) is 9.59 Å². The predicted octanol–water partition coefficient (Wildman–Crippen LogP) is 2.99. The third kappa shape index (κ3) is 4.23. The van der Waals surface area contributed by atoms with E-state index >= 15 is 0 Å². The van der Waals surface area contributed by atoms with Crippen molar-refractivity contribution in [2.24, 2.45) is 0 Å². The molecule has 0 radical (unpaired) electrons. The van der Waals surface area contributed by atoms with E-state index in [1.54, 1.807) is 35.2 Å². The molecule has 6 nitrogen and oxygen atoms in total. The van der Waals surface area contributed by atoms with Gasteiger partial charge in [0.25, 0.3) is 11.8 Å². The molecule has 2 aromatic rings. The van der Waals surface area contributed by atoms with Crippen LogP contribution in [0.5, 0.6) is 5.75 Å². The van der Waals surface area contributed by atoms with E-state index in [1.165, 1.54) is 0 Å². The van der Waals surface area contributed by atoms with Gasteiger partial charge in [-0.05, 0) is 44.4 Å². The summed E-state index contributed by atoms with van der Waals surface area (Å²) in [5.41, 5.74) is 1.90. The monoisotopic (exact) mass is 417 g/mol. The highest BCUT2D eigenvalue weighted by Crippen LogP contribution is 2.34. The minimum absolute atomic E-state index is 0.00343. The van der Waals surface area contributed by atoms with Crippen molar-refractivity contribution in [3.63, 3.8) is 0 Å². The summed E-state index contributed by atoms with van der Waals surface area (Å²) in [6, 6.07) is 12.5. The van der Waals surface area contributed by atoms with Gasteiger partial charge in [0, 0.05) is 34.9 Å². The van der Waals surface area contributed by atoms with Crippen molar-refractivity contribution in [1.82, 2.24) is 4.90 Å². The number of nitrogens with one attached hydrogen (secondary N) is 1. The van der Waals surface area contributed by atoms with Crippen molar-refractivity contribution >= 4 is 39.1 Å². The second-order valence-corrected chi connectivity index (χ2v) is 7.20. The van der Waals surface area contributed by atoms with E-state index < -0.39 is 0 Å². The van der Waals surface area contributed by atoms with E-state index in [0.717, 1.165) is 16.7 Å². The minimum Gasteiger partial charge on any atom is -0.481 e. The zero-order chi connectivity index (χ0) is 18.7. The van der Waals surface area contributed by atoms with E-state index in [0.29, 0.717) is 23.5 Å². The SMILES string of the molecule is CN(C)CCN1C(=O)COc2cc(NC(=O)c3cccc(Br)c3)ccc21. The molecular weight excluding hydrogens is 398 g/mol. The fourth-order valence-electron chi connectivity index (χ4n) is 2.66. The molecule has 1 N–H and O–H groups in total. The van der Waals surface area contributed by atoms with E-state index in [9.17, 15) is 9.59 Å². The fraction of sp³-hybridized carbons (Fsp3) is 0.263. The van der Waals surface area contributed by atoms with Gasteiger partial charge in [-0.15, -0.1) is 0 Å². The molecule has 1 aliphatic heterocycles. The zero-order valence-electron chi connectivity index (χ0n) is 14.7. The average molecular weight is 418 g/mol. The molecule has 0 saturated carbocycles. The maximum atomic E-state index is 12.4. The number of anilines is 2. The first-order valence-electron chi connectivity index (χ1n) is 8.23. The van der Waals surface area contributed by atoms with Crippen LogP contribution in [0.1, 0.15) is 10.4 Å². The van der Waals surface area contributed by atoms with Crippen LogP contribution in [0.15, 0.2) is 46.9 Å². The number of carbonyl (C=O) groups is 2. The highest BCUT2D eigenvalue weighted by molar-refractivity contribution is 9.10. The number of hydrogen-bond acceptors (Lipinski definition) is 4. The standard InChI is InChI=1S/C19H20BrN3O3/c1-22(2)8-9-23-16-7-6-15(11-17(16)26-12-18(23)24)21-19(25)13-4-3-5-14(20)10-13/h3-7,10-11H,8-9,12H2,1-2H3,(H,21,25). The van der Waals surface area contributed by atoms with Gasteiger partial charge in [-0.25, -0.2) is 0 Å². The van der Waals surface area contributed by atoms with E-state index in [1.807, 2.05) is 31.1 Å². The molecule has 0 aromatic heterocycles. The quantitative estimate of drug-likeness (QED) is 0.811. The lowest BCUT2D eigenvalue weighted by molar-refractivity contribution is -0.121. The summed E-state index contributed by atoms with van der Waals surface area (Å²) in [4.78, 5) is 28.3. The summed E-state index contributed by atoms with van der Waals surface area (Å²) < 4.78 is 6.40. The van der Waals surface area contributed by atoms with Gasteiger partial charge in [-0.2, -0.15) is 0 Å². The Hall–Kier alpha value is -2.38. The van der Waals surface area contributed by atoms with Crippen LogP contribution in [0, 0.1) is 0 Å². The molecule has 1 heterocycles. The molecule has 136 valence electrons. The van der Waals surface area contributed by atoms with Crippen molar-refractivity contribution < 1.29 is 14.3 Å². The summed E-state index contributed by atoms with van der Waals surface area (Å²) in [5, 5.41) is 2.86. The Balaban J connectivity index is 1.78. The molecule has 0 unspecified atom stereocenters. The maximum Gasteiger partial charge on any atom is 0.265 e. The van der Waals surface area contributed by atoms with E-state index in [4.69, 9.17) is 4.74 Å². The summed E-state index contributed by atoms with van der Waals surface area (Å²) in [6.07, 6.45) is 0. The van der Waals surface area contributed by atoms with Gasteiger partial charge in [0.1, 0.15) is 5.75 Å². The van der Waals surface area contributed by atoms with Crippen molar-refractivity contribution in [2.75, 3.05) is 44.0 Å². The van der Waals surface area contributed by atoms with Crippen LogP contribution in [-0.4, -0.2) is 50.5 Å². The zero-order valence-corrected chi connectivity index (χ0v) is 16.2. The molecule has 1 aliphatic rings. The Morgan fingerprint density at radius 1 is 1.27 bits per heavy atom. The highest BCUT2D eigenvalue weighted by atomic mass is 79.9. The number of ether oxygens (including phenoxy) is 1. The number of nitrogens with zero attached hydrogens (tertiary/aromatic N) is 2. The predicted molar refractivity (Wildman–Crippen MR) is 105 cm³/mol. The highest BCUT2D eigenvalue weighted by Gasteiger charge is 2.25. The van der Waals surface area contributed by atoms with Crippen molar-refractivity contribution in [2.45, 2.75) is 0 Å². The molecule has 0 saturated heterocycles. The lowest BCUT2D eigenvalue weighted by Crippen LogP contribution is -2.42. The normalized spacial score (nSPS) is 13.4. The lowest BCUT2D eigenvalue weighted by atomic mass is 10.2. The maximum absolute atomic E-state index is 12.4. The minimum atomic E-state index is -0.206. The van der Waals surface area contributed by atoms with Crippen molar-refractivity contribution in [1.29, 1.82) is 0 Å². The third-order valence-electron chi connectivity index (χ3n) is 4.02. The van der Waals surface area contributed by atoms with Gasteiger partial charge in [-0.1, -0.05) is 22.0 Å². The Morgan fingerprint density at radius 3 is 2.81 bits per heavy atom. The summed E-state index contributed by atoms with van der Waals surface area (Å²) in [6.45, 7) is 1.35. The fourth-order valence-corrected chi connectivity index (χ4v) is 3.06. The van der Waals surface area contributed by atoms with Gasteiger partial charge in [0.05, 0.1) is 5.69 Å². The van der Waals surface area contributed by atoms with Gasteiger partial charge < -0.3 is 19.9 Å². The van der Waals surface area contributed by atoms with Gasteiger partial charge in [0.15, 0.2) is 6.61 Å². The molecule has 2 amide bonds. The van der Waals surface area contributed by atoms with Crippen LogP contribution in [0.4, 0.5) is 11.4 Å². The first-order chi connectivity index (χ1) is 12.4. The Labute approximate surface area is 160 Å². The Bertz CT molecular complexity index is 839. The number of carbonyl (C=O) groups excluding carboxylic acids is 2. The average Bonchev–Trinajstić information content (AvgIpc) is 2.60. The number of fused-ring (bicyclic) bond motifs is 1. The first-order valence-corrected chi connectivity index (χ1v) is 9.02. The van der Waals surface area contributed by atoms with Crippen LogP contribution in [0.2, 0.25) is 0 Å². The third-order valence-corrected chi connectivity index (χ3v) is 4.51. The molecule has 7 heteroatoms. The Morgan fingerprint density at radius 2 is 2.08 bits per heavy atom. The number of amides is 2. The molecule has 0 bridgehead atoms. The van der Waals surface area contributed by atoms with Crippen molar-refractivity contribution in [3.05, 3.63) is 52.5 Å². The molecular formula is C19H20BrN3O3. The van der Waals surface area contributed by atoms with Crippen molar-refractivity contribution in [3.8, 4) is 5.75 Å². The summed E-state index contributed by atoms with van der Waals surface area (Å²) in [7, 11) is 3.93. The van der Waals surface area contributed by atoms with E-state index in [2.05, 4.69) is 21.2 Å². The molecule has 0 spiro atoms. The topological polar surface area (TPSA) is 61.9 Å². The number of likely N-dealkylation sites (N-methyl/N-ethyl adjacent to an activating group) is 1. The second kappa shape index (κ2) is 7.88. The van der Waals surface area contributed by atoms with Crippen LogP contribution in [-0.2, 0) is 4.79 Å². The molecule has 2 aromatic carbocycles. The molecule has 0 aliphatic carbocycles. The van der Waals surface area contributed by atoms with Crippen LogP contribution in [0.25, 0.3) is 0 Å². The summed E-state index contributed by atoms with van der Waals surface area (Å²) in [5.74, 6) is 0.322. The van der Waals surface area contributed by atoms with E-state index in [-0.39, 0.29) is 18.4 Å².